The molecule has 0 unspecified atom stereocenters. The molecule has 1 aliphatic carbocycles. The standard InChI is InChI=1S/C12H18N2O3S/c1-14-18(15,16)12-5-4-10(8-11(12)13)17-7-6-9-2-3-9/h4-5,8-9,14H,2-3,6-7,13H2,1H3. The van der Waals surface area contributed by atoms with Crippen LogP contribution in [0.3, 0.4) is 0 Å². The molecule has 1 fully saturated rings. The monoisotopic (exact) mass is 270 g/mol. The molecule has 18 heavy (non-hydrogen) atoms. The van der Waals surface area contributed by atoms with Gasteiger partial charge < -0.3 is 10.5 Å². The van der Waals surface area contributed by atoms with Crippen LogP contribution in [-0.2, 0) is 10.0 Å². The van der Waals surface area contributed by atoms with E-state index in [1.807, 2.05) is 0 Å². The molecule has 1 aliphatic rings. The summed E-state index contributed by atoms with van der Waals surface area (Å²) in [5, 5.41) is 0. The first-order chi connectivity index (χ1) is 8.53. The first-order valence-electron chi connectivity index (χ1n) is 5.99. The van der Waals surface area contributed by atoms with Crippen molar-refractivity contribution < 1.29 is 13.2 Å². The van der Waals surface area contributed by atoms with Crippen molar-refractivity contribution >= 4 is 15.7 Å². The van der Waals surface area contributed by atoms with Crippen molar-refractivity contribution in [1.29, 1.82) is 0 Å². The highest BCUT2D eigenvalue weighted by Crippen LogP contribution is 2.32. The minimum Gasteiger partial charge on any atom is -0.494 e. The van der Waals surface area contributed by atoms with E-state index in [1.165, 1.54) is 26.0 Å². The summed E-state index contributed by atoms with van der Waals surface area (Å²) in [6, 6.07) is 4.65. The van der Waals surface area contributed by atoms with Crippen LogP contribution in [0.25, 0.3) is 0 Å². The Hall–Kier alpha value is -1.27. The van der Waals surface area contributed by atoms with Gasteiger partial charge in [-0.15, -0.1) is 0 Å². The molecule has 1 aromatic carbocycles. The molecule has 0 radical (unpaired) electrons. The van der Waals surface area contributed by atoms with Crippen LogP contribution in [0.5, 0.6) is 5.75 Å². The molecule has 0 bridgehead atoms. The van der Waals surface area contributed by atoms with Gasteiger partial charge in [-0.1, -0.05) is 12.8 Å². The Labute approximate surface area is 107 Å². The first kappa shape index (κ1) is 13.2. The molecule has 0 atom stereocenters. The Morgan fingerprint density at radius 2 is 2.17 bits per heavy atom. The molecule has 100 valence electrons. The highest BCUT2D eigenvalue weighted by molar-refractivity contribution is 7.89. The van der Waals surface area contributed by atoms with Gasteiger partial charge >= 0.3 is 0 Å². The number of sulfonamides is 1. The van der Waals surface area contributed by atoms with Gasteiger partial charge in [0.05, 0.1) is 12.3 Å². The SMILES string of the molecule is CNS(=O)(=O)c1ccc(OCCC2CC2)cc1N. The number of nitrogens with one attached hydrogen (secondary N) is 1. The summed E-state index contributed by atoms with van der Waals surface area (Å²) in [6.45, 7) is 0.655. The van der Waals surface area contributed by atoms with Gasteiger partial charge in [-0.3, -0.25) is 0 Å². The summed E-state index contributed by atoms with van der Waals surface area (Å²) < 4.78 is 31.0. The molecular weight excluding hydrogens is 252 g/mol. The number of rotatable bonds is 6. The number of hydrogen-bond acceptors (Lipinski definition) is 4. The molecule has 1 saturated carbocycles. The van der Waals surface area contributed by atoms with Gasteiger partial charge in [-0.2, -0.15) is 0 Å². The van der Waals surface area contributed by atoms with Crippen molar-refractivity contribution in [2.75, 3.05) is 19.4 Å². The Balaban J connectivity index is 2.04. The Morgan fingerprint density at radius 1 is 1.44 bits per heavy atom. The van der Waals surface area contributed by atoms with Crippen molar-refractivity contribution in [2.45, 2.75) is 24.2 Å². The Bertz CT molecular complexity index is 524. The molecule has 5 nitrogen and oxygen atoms in total. The second-order valence-electron chi connectivity index (χ2n) is 4.49. The lowest BCUT2D eigenvalue weighted by molar-refractivity contribution is 0.302. The molecular formula is C12H18N2O3S. The highest BCUT2D eigenvalue weighted by atomic mass is 32.2. The zero-order valence-corrected chi connectivity index (χ0v) is 11.2. The van der Waals surface area contributed by atoms with Gasteiger partial charge in [0.15, 0.2) is 0 Å². The fourth-order valence-corrected chi connectivity index (χ4v) is 2.56. The molecule has 0 amide bonds. The number of anilines is 1. The quantitative estimate of drug-likeness (QED) is 0.765. The predicted molar refractivity (Wildman–Crippen MR) is 69.9 cm³/mol. The van der Waals surface area contributed by atoms with Crippen LogP contribution in [-0.4, -0.2) is 22.1 Å². The summed E-state index contributed by atoms with van der Waals surface area (Å²) in [5.74, 6) is 1.43. The maximum Gasteiger partial charge on any atom is 0.242 e. The molecule has 0 aromatic heterocycles. The van der Waals surface area contributed by atoms with E-state index in [1.54, 1.807) is 12.1 Å². The minimum absolute atomic E-state index is 0.0829. The van der Waals surface area contributed by atoms with Crippen molar-refractivity contribution in [3.8, 4) is 5.75 Å². The summed E-state index contributed by atoms with van der Waals surface area (Å²) >= 11 is 0. The van der Waals surface area contributed by atoms with Crippen molar-refractivity contribution in [3.05, 3.63) is 18.2 Å². The lowest BCUT2D eigenvalue weighted by Gasteiger charge is -2.09. The predicted octanol–water partition coefficient (Wildman–Crippen LogP) is 1.36. The fourth-order valence-electron chi connectivity index (χ4n) is 1.72. The van der Waals surface area contributed by atoms with Crippen LogP contribution < -0.4 is 15.2 Å². The summed E-state index contributed by atoms with van der Waals surface area (Å²) in [7, 11) is -2.14. The van der Waals surface area contributed by atoms with E-state index in [4.69, 9.17) is 10.5 Å². The summed E-state index contributed by atoms with van der Waals surface area (Å²) in [5.41, 5.74) is 5.93. The Morgan fingerprint density at radius 3 is 2.72 bits per heavy atom. The van der Waals surface area contributed by atoms with Gasteiger partial charge in [-0.05, 0) is 31.5 Å². The second-order valence-corrected chi connectivity index (χ2v) is 6.34. The van der Waals surface area contributed by atoms with Crippen LogP contribution >= 0.6 is 0 Å². The summed E-state index contributed by atoms with van der Waals surface area (Å²) in [4.78, 5) is 0.0829. The molecule has 6 heteroatoms. The number of hydrogen-bond donors (Lipinski definition) is 2. The molecule has 3 N–H and O–H groups in total. The molecule has 2 rings (SSSR count). The largest absolute Gasteiger partial charge is 0.494 e. The van der Waals surface area contributed by atoms with Crippen LogP contribution in [0.2, 0.25) is 0 Å². The lowest BCUT2D eigenvalue weighted by atomic mass is 10.3. The maximum absolute atomic E-state index is 11.6. The molecule has 0 heterocycles. The van der Waals surface area contributed by atoms with Crippen molar-refractivity contribution in [3.63, 3.8) is 0 Å². The lowest BCUT2D eigenvalue weighted by Crippen LogP contribution is -2.19. The average Bonchev–Trinajstić information content (AvgIpc) is 3.13. The number of nitrogens with two attached hydrogens (primary N) is 1. The normalized spacial score (nSPS) is 15.6. The van der Waals surface area contributed by atoms with Crippen LogP contribution in [0.1, 0.15) is 19.3 Å². The van der Waals surface area contributed by atoms with Gasteiger partial charge in [0, 0.05) is 6.07 Å². The average molecular weight is 270 g/mol. The molecule has 0 saturated heterocycles. The number of ether oxygens (including phenoxy) is 1. The van der Waals surface area contributed by atoms with Crippen LogP contribution in [0, 0.1) is 5.92 Å². The van der Waals surface area contributed by atoms with E-state index in [9.17, 15) is 8.42 Å². The van der Waals surface area contributed by atoms with Crippen molar-refractivity contribution in [2.24, 2.45) is 5.92 Å². The fraction of sp³-hybridized carbons (Fsp3) is 0.500. The zero-order valence-electron chi connectivity index (χ0n) is 10.3. The first-order valence-corrected chi connectivity index (χ1v) is 7.47. The minimum atomic E-state index is -3.50. The zero-order chi connectivity index (χ0) is 13.2. The van der Waals surface area contributed by atoms with E-state index in [0.29, 0.717) is 12.4 Å². The molecule has 0 aliphatic heterocycles. The van der Waals surface area contributed by atoms with Gasteiger partial charge in [0.1, 0.15) is 10.6 Å². The third-order valence-corrected chi connectivity index (χ3v) is 4.52. The van der Waals surface area contributed by atoms with Crippen LogP contribution in [0.4, 0.5) is 5.69 Å². The van der Waals surface area contributed by atoms with E-state index >= 15 is 0 Å². The topological polar surface area (TPSA) is 81.4 Å². The van der Waals surface area contributed by atoms with E-state index in [-0.39, 0.29) is 10.6 Å². The number of nitrogen functional groups attached to an aromatic ring is 1. The third-order valence-electron chi connectivity index (χ3n) is 3.03. The van der Waals surface area contributed by atoms with E-state index in [0.717, 1.165) is 12.3 Å². The second kappa shape index (κ2) is 5.16. The van der Waals surface area contributed by atoms with Gasteiger partial charge in [0.25, 0.3) is 0 Å². The van der Waals surface area contributed by atoms with Crippen LogP contribution in [0.15, 0.2) is 23.1 Å². The van der Waals surface area contributed by atoms with E-state index < -0.39 is 10.0 Å². The smallest absolute Gasteiger partial charge is 0.242 e. The summed E-state index contributed by atoms with van der Waals surface area (Å²) in [6.07, 6.45) is 3.65. The third kappa shape index (κ3) is 3.14. The van der Waals surface area contributed by atoms with E-state index in [2.05, 4.69) is 4.72 Å². The van der Waals surface area contributed by atoms with Gasteiger partial charge in [0.2, 0.25) is 10.0 Å². The molecule has 1 aromatic rings. The van der Waals surface area contributed by atoms with Crippen molar-refractivity contribution in [1.82, 2.24) is 4.72 Å². The number of benzene rings is 1. The highest BCUT2D eigenvalue weighted by Gasteiger charge is 2.21. The molecule has 0 spiro atoms. The Kier molecular flexibility index (Phi) is 3.77. The maximum atomic E-state index is 11.6. The van der Waals surface area contributed by atoms with Gasteiger partial charge in [-0.25, -0.2) is 13.1 Å².